The smallest absolute Gasteiger partial charge is 0.316 e. The van der Waals surface area contributed by atoms with E-state index < -0.39 is 6.03 Å². The van der Waals surface area contributed by atoms with Crippen molar-refractivity contribution in [3.05, 3.63) is 29.8 Å². The summed E-state index contributed by atoms with van der Waals surface area (Å²) in [6.07, 6.45) is 1.39. The van der Waals surface area contributed by atoms with Crippen LogP contribution >= 0.6 is 0 Å². The van der Waals surface area contributed by atoms with Gasteiger partial charge in [-0.15, -0.1) is 0 Å². The fraction of sp³-hybridized carbons (Fsp3) is 0.400. The van der Waals surface area contributed by atoms with Gasteiger partial charge in [-0.1, -0.05) is 6.07 Å². The van der Waals surface area contributed by atoms with Crippen molar-refractivity contribution < 1.29 is 14.4 Å². The van der Waals surface area contributed by atoms with Crippen LogP contribution < -0.4 is 11.1 Å². The number of anilines is 1. The second kappa shape index (κ2) is 5.67. The standard InChI is InChI=1S/C15H18N4O3/c16-15(22)17-11-3-1-2-10(8-11)14(21)18-6-7-19-12(9-18)4-5-13(19)20/h1-3,8,12H,4-7,9H2,(H3,16,17,22). The van der Waals surface area contributed by atoms with Crippen LogP contribution in [0.1, 0.15) is 23.2 Å². The molecule has 0 saturated carbocycles. The van der Waals surface area contributed by atoms with Crippen LogP contribution in [0.15, 0.2) is 24.3 Å². The number of benzene rings is 1. The molecule has 7 nitrogen and oxygen atoms in total. The summed E-state index contributed by atoms with van der Waals surface area (Å²) in [5, 5.41) is 2.46. The Labute approximate surface area is 128 Å². The average Bonchev–Trinajstić information content (AvgIpc) is 2.87. The number of nitrogens with zero attached hydrogens (tertiary/aromatic N) is 2. The number of urea groups is 1. The van der Waals surface area contributed by atoms with Crippen LogP contribution in [0.2, 0.25) is 0 Å². The minimum absolute atomic E-state index is 0.0906. The van der Waals surface area contributed by atoms with Gasteiger partial charge in [0.05, 0.1) is 0 Å². The minimum atomic E-state index is -0.664. The second-order valence-corrected chi connectivity index (χ2v) is 5.60. The molecule has 1 aromatic carbocycles. The van der Waals surface area contributed by atoms with Crippen LogP contribution in [0.5, 0.6) is 0 Å². The van der Waals surface area contributed by atoms with E-state index in [4.69, 9.17) is 5.73 Å². The molecule has 2 heterocycles. The van der Waals surface area contributed by atoms with Gasteiger partial charge in [0, 0.05) is 43.3 Å². The highest BCUT2D eigenvalue weighted by Gasteiger charge is 2.37. The van der Waals surface area contributed by atoms with Gasteiger partial charge < -0.3 is 20.9 Å². The van der Waals surface area contributed by atoms with Crippen molar-refractivity contribution in [2.24, 2.45) is 5.73 Å². The van der Waals surface area contributed by atoms with E-state index in [9.17, 15) is 14.4 Å². The van der Waals surface area contributed by atoms with Crippen molar-refractivity contribution >= 4 is 23.5 Å². The van der Waals surface area contributed by atoms with E-state index in [0.29, 0.717) is 37.3 Å². The van der Waals surface area contributed by atoms with Crippen molar-refractivity contribution in [3.63, 3.8) is 0 Å². The Hall–Kier alpha value is -2.57. The highest BCUT2D eigenvalue weighted by Crippen LogP contribution is 2.24. The summed E-state index contributed by atoms with van der Waals surface area (Å²) in [5.41, 5.74) is 6.08. The average molecular weight is 302 g/mol. The predicted molar refractivity (Wildman–Crippen MR) is 80.3 cm³/mol. The lowest BCUT2D eigenvalue weighted by atomic mass is 10.1. The second-order valence-electron chi connectivity index (χ2n) is 5.60. The number of nitrogens with one attached hydrogen (secondary N) is 1. The third-order valence-electron chi connectivity index (χ3n) is 4.16. The number of hydrogen-bond donors (Lipinski definition) is 2. The molecule has 0 radical (unpaired) electrons. The molecule has 2 fully saturated rings. The highest BCUT2D eigenvalue weighted by molar-refractivity contribution is 5.97. The summed E-state index contributed by atoms with van der Waals surface area (Å²) >= 11 is 0. The number of rotatable bonds is 2. The predicted octanol–water partition coefficient (Wildman–Crippen LogP) is 0.624. The number of primary amides is 1. The number of nitrogens with two attached hydrogens (primary N) is 1. The molecule has 3 N–H and O–H groups in total. The Bertz CT molecular complexity index is 631. The summed E-state index contributed by atoms with van der Waals surface area (Å²) in [6.45, 7) is 1.70. The van der Waals surface area contributed by atoms with E-state index in [1.165, 1.54) is 0 Å². The van der Waals surface area contributed by atoms with Crippen LogP contribution in [0.3, 0.4) is 0 Å². The van der Waals surface area contributed by atoms with Gasteiger partial charge in [0.1, 0.15) is 0 Å². The van der Waals surface area contributed by atoms with E-state index in [1.807, 2.05) is 4.90 Å². The zero-order valence-electron chi connectivity index (χ0n) is 12.1. The maximum absolute atomic E-state index is 12.6. The third-order valence-corrected chi connectivity index (χ3v) is 4.16. The molecule has 2 saturated heterocycles. The number of amides is 4. The Morgan fingerprint density at radius 2 is 2.09 bits per heavy atom. The molecule has 3 rings (SSSR count). The number of carbonyl (C=O) groups excluding carboxylic acids is 3. The maximum atomic E-state index is 12.6. The fourth-order valence-electron chi connectivity index (χ4n) is 3.10. The van der Waals surface area contributed by atoms with Gasteiger partial charge in [-0.25, -0.2) is 4.79 Å². The van der Waals surface area contributed by atoms with E-state index in [0.717, 1.165) is 6.42 Å². The van der Waals surface area contributed by atoms with Crippen LogP contribution in [0, 0.1) is 0 Å². The fourth-order valence-corrected chi connectivity index (χ4v) is 3.10. The van der Waals surface area contributed by atoms with Crippen LogP contribution in [-0.4, -0.2) is 53.3 Å². The molecule has 1 aromatic rings. The normalized spacial score (nSPS) is 20.7. The quantitative estimate of drug-likeness (QED) is 0.838. The van der Waals surface area contributed by atoms with Crippen LogP contribution in [0.25, 0.3) is 0 Å². The Morgan fingerprint density at radius 1 is 1.27 bits per heavy atom. The first-order chi connectivity index (χ1) is 10.5. The van der Waals surface area contributed by atoms with Crippen LogP contribution in [0.4, 0.5) is 10.5 Å². The molecule has 0 aromatic heterocycles. The first-order valence-electron chi connectivity index (χ1n) is 7.30. The summed E-state index contributed by atoms with van der Waals surface area (Å²) in [6, 6.07) is 6.17. The van der Waals surface area contributed by atoms with Gasteiger partial charge in [-0.05, 0) is 24.6 Å². The van der Waals surface area contributed by atoms with Gasteiger partial charge in [-0.3, -0.25) is 9.59 Å². The van der Waals surface area contributed by atoms with E-state index >= 15 is 0 Å². The molecule has 2 aliphatic heterocycles. The van der Waals surface area contributed by atoms with Crippen molar-refractivity contribution in [2.75, 3.05) is 25.0 Å². The lowest BCUT2D eigenvalue weighted by Gasteiger charge is -2.37. The van der Waals surface area contributed by atoms with Crippen molar-refractivity contribution in [1.29, 1.82) is 0 Å². The Morgan fingerprint density at radius 3 is 2.86 bits per heavy atom. The van der Waals surface area contributed by atoms with E-state index in [1.54, 1.807) is 29.2 Å². The zero-order valence-corrected chi connectivity index (χ0v) is 12.1. The molecule has 22 heavy (non-hydrogen) atoms. The third kappa shape index (κ3) is 2.74. The summed E-state index contributed by atoms with van der Waals surface area (Å²) < 4.78 is 0. The largest absolute Gasteiger partial charge is 0.351 e. The highest BCUT2D eigenvalue weighted by atomic mass is 16.2. The van der Waals surface area contributed by atoms with Crippen molar-refractivity contribution in [3.8, 4) is 0 Å². The number of hydrogen-bond acceptors (Lipinski definition) is 3. The van der Waals surface area contributed by atoms with Crippen molar-refractivity contribution in [1.82, 2.24) is 9.80 Å². The maximum Gasteiger partial charge on any atom is 0.316 e. The van der Waals surface area contributed by atoms with E-state index in [2.05, 4.69) is 5.32 Å². The summed E-state index contributed by atoms with van der Waals surface area (Å²) in [7, 11) is 0. The van der Waals surface area contributed by atoms with Gasteiger partial charge in [0.15, 0.2) is 0 Å². The summed E-state index contributed by atoms with van der Waals surface area (Å²) in [5.74, 6) is 0.0943. The first kappa shape index (κ1) is 14.4. The molecule has 0 aliphatic carbocycles. The monoisotopic (exact) mass is 302 g/mol. The Balaban J connectivity index is 1.71. The molecule has 1 atom stereocenters. The molecule has 1 unspecified atom stereocenters. The molecule has 7 heteroatoms. The topological polar surface area (TPSA) is 95.7 Å². The molecule has 0 spiro atoms. The van der Waals surface area contributed by atoms with Crippen molar-refractivity contribution in [2.45, 2.75) is 18.9 Å². The number of fused-ring (bicyclic) bond motifs is 1. The first-order valence-corrected chi connectivity index (χ1v) is 7.30. The molecular formula is C15H18N4O3. The molecular weight excluding hydrogens is 284 g/mol. The van der Waals surface area contributed by atoms with E-state index in [-0.39, 0.29) is 17.9 Å². The van der Waals surface area contributed by atoms with Gasteiger partial charge in [0.25, 0.3) is 5.91 Å². The number of piperazine rings is 1. The molecule has 0 bridgehead atoms. The summed E-state index contributed by atoms with van der Waals surface area (Å²) in [4.78, 5) is 38.8. The van der Waals surface area contributed by atoms with Crippen LogP contribution in [-0.2, 0) is 4.79 Å². The van der Waals surface area contributed by atoms with Gasteiger partial charge in [0.2, 0.25) is 5.91 Å². The minimum Gasteiger partial charge on any atom is -0.351 e. The molecule has 2 aliphatic rings. The lowest BCUT2D eigenvalue weighted by molar-refractivity contribution is -0.130. The Kier molecular flexibility index (Phi) is 3.70. The van der Waals surface area contributed by atoms with Gasteiger partial charge in [-0.2, -0.15) is 0 Å². The molecule has 4 amide bonds. The lowest BCUT2D eigenvalue weighted by Crippen LogP contribution is -2.53. The SMILES string of the molecule is NC(=O)Nc1cccc(C(=O)N2CCN3C(=O)CCC3C2)c1. The number of carbonyl (C=O) groups is 3. The van der Waals surface area contributed by atoms with Gasteiger partial charge >= 0.3 is 6.03 Å². The zero-order chi connectivity index (χ0) is 15.7. The molecule has 116 valence electrons.